The normalized spacial score (nSPS) is 16.4. The quantitative estimate of drug-likeness (QED) is 0.485. The topological polar surface area (TPSA) is 102 Å². The molecular formula is C14H11Cl2NO6. The number of carbonyl (C=O) groups excluding carboxylic acids is 2. The summed E-state index contributed by atoms with van der Waals surface area (Å²) in [6.07, 6.45) is 1.03. The maximum Gasteiger partial charge on any atom is 0.350 e. The van der Waals surface area contributed by atoms with E-state index in [2.05, 4.69) is 5.32 Å². The molecular weight excluding hydrogens is 349 g/mol. The minimum Gasteiger partial charge on any atom is -0.478 e. The Hall–Kier alpha value is -2.25. The maximum atomic E-state index is 11.8. The van der Waals surface area contributed by atoms with Crippen molar-refractivity contribution in [3.05, 3.63) is 39.5 Å². The smallest absolute Gasteiger partial charge is 0.350 e. The van der Waals surface area contributed by atoms with Crippen molar-refractivity contribution in [1.82, 2.24) is 0 Å². The molecule has 0 unspecified atom stereocenters. The number of cyclic esters (lactones) is 2. The summed E-state index contributed by atoms with van der Waals surface area (Å²) in [6, 6.07) is 2.72. The van der Waals surface area contributed by atoms with E-state index in [1.54, 1.807) is 0 Å². The summed E-state index contributed by atoms with van der Waals surface area (Å²) in [4.78, 5) is 34.7. The Morgan fingerprint density at radius 2 is 1.78 bits per heavy atom. The Bertz CT molecular complexity index is 719. The van der Waals surface area contributed by atoms with E-state index in [0.717, 1.165) is 6.20 Å². The van der Waals surface area contributed by atoms with Crippen LogP contribution < -0.4 is 5.32 Å². The van der Waals surface area contributed by atoms with Crippen molar-refractivity contribution < 1.29 is 29.0 Å². The molecule has 1 aromatic rings. The van der Waals surface area contributed by atoms with Crippen LogP contribution in [0.2, 0.25) is 10.0 Å². The first-order chi connectivity index (χ1) is 10.6. The van der Waals surface area contributed by atoms with Crippen LogP contribution in [-0.4, -0.2) is 28.8 Å². The number of halogens is 2. The molecule has 1 aliphatic rings. The molecule has 0 aliphatic carbocycles. The largest absolute Gasteiger partial charge is 0.478 e. The van der Waals surface area contributed by atoms with Gasteiger partial charge in [-0.25, -0.2) is 14.4 Å². The number of anilines is 1. The predicted molar refractivity (Wildman–Crippen MR) is 81.4 cm³/mol. The summed E-state index contributed by atoms with van der Waals surface area (Å²) in [6.45, 7) is 2.84. The Morgan fingerprint density at radius 3 is 2.30 bits per heavy atom. The Morgan fingerprint density at radius 1 is 1.22 bits per heavy atom. The average Bonchev–Trinajstić information content (AvgIpc) is 2.38. The standard InChI is InChI=1S/C14H11Cl2NO6/c1-14(2)22-12(20)6(13(21)23-14)5-17-8-4-3-7(15)9(10(8)16)11(18)19/h3-5,17H,1-2H3,(H,18,19). The molecule has 7 nitrogen and oxygen atoms in total. The second-order valence-corrected chi connectivity index (χ2v) is 5.76. The van der Waals surface area contributed by atoms with Crippen LogP contribution in [-0.2, 0) is 19.1 Å². The van der Waals surface area contributed by atoms with Crippen molar-refractivity contribution in [2.45, 2.75) is 19.6 Å². The molecule has 0 bridgehead atoms. The summed E-state index contributed by atoms with van der Waals surface area (Å²) in [5, 5.41) is 11.4. The molecule has 0 radical (unpaired) electrons. The van der Waals surface area contributed by atoms with Gasteiger partial charge in [0, 0.05) is 20.0 Å². The lowest BCUT2D eigenvalue weighted by molar-refractivity contribution is -0.222. The minimum absolute atomic E-state index is 0.0426. The molecule has 1 aromatic carbocycles. The van der Waals surface area contributed by atoms with E-state index in [1.807, 2.05) is 0 Å². The third-order valence-electron chi connectivity index (χ3n) is 2.79. The summed E-state index contributed by atoms with van der Waals surface area (Å²) in [5.41, 5.74) is -0.537. The van der Waals surface area contributed by atoms with Crippen LogP contribution in [0.25, 0.3) is 0 Å². The molecule has 0 amide bonds. The van der Waals surface area contributed by atoms with Crippen LogP contribution in [0.1, 0.15) is 24.2 Å². The van der Waals surface area contributed by atoms with E-state index in [0.29, 0.717) is 0 Å². The number of carbonyl (C=O) groups is 3. The molecule has 23 heavy (non-hydrogen) atoms. The number of benzene rings is 1. The lowest BCUT2D eigenvalue weighted by Gasteiger charge is -2.29. The molecule has 0 atom stereocenters. The summed E-state index contributed by atoms with van der Waals surface area (Å²) < 4.78 is 9.84. The second-order valence-electron chi connectivity index (χ2n) is 4.97. The van der Waals surface area contributed by atoms with Crippen molar-refractivity contribution in [2.75, 3.05) is 5.32 Å². The summed E-state index contributed by atoms with van der Waals surface area (Å²) in [7, 11) is 0. The molecule has 1 aliphatic heterocycles. The first-order valence-electron chi connectivity index (χ1n) is 6.27. The van der Waals surface area contributed by atoms with Crippen molar-refractivity contribution in [3.63, 3.8) is 0 Å². The fourth-order valence-electron chi connectivity index (χ4n) is 1.79. The number of hydrogen-bond acceptors (Lipinski definition) is 6. The third-order valence-corrected chi connectivity index (χ3v) is 3.50. The number of carboxylic acid groups (broad SMARTS) is 1. The van der Waals surface area contributed by atoms with Gasteiger partial charge in [0.05, 0.1) is 21.3 Å². The highest BCUT2D eigenvalue weighted by Crippen LogP contribution is 2.32. The zero-order chi connectivity index (χ0) is 17.4. The number of rotatable bonds is 3. The Balaban J connectivity index is 2.31. The monoisotopic (exact) mass is 359 g/mol. The van der Waals surface area contributed by atoms with Crippen LogP contribution in [0.4, 0.5) is 5.69 Å². The number of carboxylic acids is 1. The fraction of sp³-hybridized carbons (Fsp3) is 0.214. The van der Waals surface area contributed by atoms with E-state index >= 15 is 0 Å². The van der Waals surface area contributed by atoms with Gasteiger partial charge in [0.25, 0.3) is 5.79 Å². The van der Waals surface area contributed by atoms with Gasteiger partial charge in [-0.3, -0.25) is 0 Å². The van der Waals surface area contributed by atoms with E-state index in [9.17, 15) is 14.4 Å². The summed E-state index contributed by atoms with van der Waals surface area (Å²) >= 11 is 11.7. The number of hydrogen-bond donors (Lipinski definition) is 2. The Kier molecular flexibility index (Phi) is 4.53. The predicted octanol–water partition coefficient (Wildman–Crippen LogP) is 2.82. The molecule has 0 spiro atoms. The maximum absolute atomic E-state index is 11.8. The van der Waals surface area contributed by atoms with Gasteiger partial charge in [-0.05, 0) is 12.1 Å². The highest BCUT2D eigenvalue weighted by atomic mass is 35.5. The number of ether oxygens (including phenoxy) is 2. The van der Waals surface area contributed by atoms with Crippen LogP contribution in [0, 0.1) is 0 Å². The number of aromatic carboxylic acids is 1. The average molecular weight is 360 g/mol. The van der Waals surface area contributed by atoms with Gasteiger partial charge in [0.1, 0.15) is 0 Å². The van der Waals surface area contributed by atoms with E-state index in [4.69, 9.17) is 37.8 Å². The van der Waals surface area contributed by atoms with Gasteiger partial charge in [-0.1, -0.05) is 23.2 Å². The van der Waals surface area contributed by atoms with Crippen LogP contribution in [0.15, 0.2) is 23.9 Å². The van der Waals surface area contributed by atoms with Crippen LogP contribution in [0.5, 0.6) is 0 Å². The van der Waals surface area contributed by atoms with Gasteiger partial charge in [-0.15, -0.1) is 0 Å². The molecule has 0 saturated carbocycles. The van der Waals surface area contributed by atoms with Crippen molar-refractivity contribution in [1.29, 1.82) is 0 Å². The van der Waals surface area contributed by atoms with Crippen LogP contribution in [0.3, 0.4) is 0 Å². The van der Waals surface area contributed by atoms with Crippen molar-refractivity contribution in [2.24, 2.45) is 0 Å². The highest BCUT2D eigenvalue weighted by molar-refractivity contribution is 6.41. The molecule has 122 valence electrons. The van der Waals surface area contributed by atoms with Gasteiger partial charge < -0.3 is 19.9 Å². The first kappa shape index (κ1) is 17.1. The molecule has 0 aromatic heterocycles. The number of esters is 2. The molecule has 1 fully saturated rings. The lowest BCUT2D eigenvalue weighted by Crippen LogP contribution is -2.42. The fourth-order valence-corrected chi connectivity index (χ4v) is 2.38. The molecule has 1 heterocycles. The SMILES string of the molecule is CC1(C)OC(=O)C(=CNc2ccc(Cl)c(C(=O)O)c2Cl)C(=O)O1. The van der Waals surface area contributed by atoms with Crippen molar-refractivity contribution in [3.8, 4) is 0 Å². The molecule has 2 rings (SSSR count). The van der Waals surface area contributed by atoms with Gasteiger partial charge >= 0.3 is 17.9 Å². The van der Waals surface area contributed by atoms with Crippen molar-refractivity contribution >= 4 is 46.8 Å². The van der Waals surface area contributed by atoms with Gasteiger partial charge in [0.2, 0.25) is 0 Å². The van der Waals surface area contributed by atoms with E-state index in [-0.39, 0.29) is 26.9 Å². The van der Waals surface area contributed by atoms with Gasteiger partial charge in [-0.2, -0.15) is 0 Å². The van der Waals surface area contributed by atoms with Gasteiger partial charge in [0.15, 0.2) is 5.57 Å². The lowest BCUT2D eigenvalue weighted by atomic mass is 10.2. The first-order valence-corrected chi connectivity index (χ1v) is 7.02. The van der Waals surface area contributed by atoms with E-state index < -0.39 is 23.7 Å². The summed E-state index contributed by atoms with van der Waals surface area (Å²) in [5.74, 6) is -4.40. The number of nitrogens with one attached hydrogen (secondary N) is 1. The van der Waals surface area contributed by atoms with Crippen LogP contribution >= 0.6 is 23.2 Å². The zero-order valence-electron chi connectivity index (χ0n) is 12.0. The Labute approximate surface area is 140 Å². The molecule has 9 heteroatoms. The zero-order valence-corrected chi connectivity index (χ0v) is 13.5. The molecule has 2 N–H and O–H groups in total. The molecule has 1 saturated heterocycles. The third kappa shape index (κ3) is 3.57. The van der Waals surface area contributed by atoms with E-state index in [1.165, 1.54) is 26.0 Å². The highest BCUT2D eigenvalue weighted by Gasteiger charge is 2.39. The minimum atomic E-state index is -1.35. The second kappa shape index (κ2) is 6.10.